The summed E-state index contributed by atoms with van der Waals surface area (Å²) in [6.45, 7) is 4.79. The first-order valence-electron chi connectivity index (χ1n) is 12.1. The summed E-state index contributed by atoms with van der Waals surface area (Å²) in [5.41, 5.74) is 9.29. The van der Waals surface area contributed by atoms with Gasteiger partial charge in [-0.2, -0.15) is 0 Å². The maximum absolute atomic E-state index is 12.0. The van der Waals surface area contributed by atoms with Gasteiger partial charge in [0.2, 0.25) is 0 Å². The summed E-state index contributed by atoms with van der Waals surface area (Å²) >= 11 is 0. The molecule has 3 nitrogen and oxygen atoms in total. The van der Waals surface area contributed by atoms with E-state index in [1.54, 1.807) is 7.11 Å². The average molecular weight is 442 g/mol. The standard InChI is InChI=1S/C30H35NO2/c1-5-21(2)24-12-14-28-29(23-9-7-6-8-10-23)17-25-11-13-27(33-4)16-26(25)15-22(20-32)19-31(3)30(28)18-24/h5,11-18,20,23H,6-10,19H2,1-4H3/b21-5+,22-15+,29-17+. The van der Waals surface area contributed by atoms with Gasteiger partial charge in [0.25, 0.3) is 0 Å². The Morgan fingerprint density at radius 2 is 1.82 bits per heavy atom. The highest BCUT2D eigenvalue weighted by molar-refractivity contribution is 5.94. The number of likely N-dealkylation sites (N-methyl/N-ethyl adjacent to an activating group) is 1. The maximum atomic E-state index is 12.0. The Balaban J connectivity index is 1.98. The summed E-state index contributed by atoms with van der Waals surface area (Å²) in [5.74, 6) is 1.35. The lowest BCUT2D eigenvalue weighted by Crippen LogP contribution is -2.23. The molecule has 3 heteroatoms. The van der Waals surface area contributed by atoms with Crippen molar-refractivity contribution in [2.75, 3.05) is 25.6 Å². The molecule has 1 heterocycles. The first-order valence-corrected chi connectivity index (χ1v) is 12.1. The highest BCUT2D eigenvalue weighted by Gasteiger charge is 2.24. The number of allylic oxidation sites excluding steroid dienone is 3. The van der Waals surface area contributed by atoms with Crippen molar-refractivity contribution < 1.29 is 9.53 Å². The van der Waals surface area contributed by atoms with Crippen molar-refractivity contribution >= 4 is 35.3 Å². The van der Waals surface area contributed by atoms with Crippen LogP contribution < -0.4 is 9.64 Å². The minimum absolute atomic E-state index is 0.545. The highest BCUT2D eigenvalue weighted by atomic mass is 16.5. The van der Waals surface area contributed by atoms with Gasteiger partial charge in [-0.05, 0) is 84.7 Å². The number of methoxy groups -OCH3 is 1. The molecule has 2 aromatic rings. The van der Waals surface area contributed by atoms with E-state index in [4.69, 9.17) is 4.74 Å². The van der Waals surface area contributed by atoms with Crippen molar-refractivity contribution in [3.63, 3.8) is 0 Å². The molecule has 172 valence electrons. The number of fused-ring (bicyclic) bond motifs is 2. The fraction of sp³-hybridized carbons (Fsp3) is 0.367. The summed E-state index contributed by atoms with van der Waals surface area (Å²) in [6, 6.07) is 13.0. The number of carbonyl (C=O) groups is 1. The number of nitrogens with zero attached hydrogens (tertiary/aromatic N) is 1. The summed E-state index contributed by atoms with van der Waals surface area (Å²) in [4.78, 5) is 14.3. The van der Waals surface area contributed by atoms with Crippen molar-refractivity contribution in [1.82, 2.24) is 0 Å². The van der Waals surface area contributed by atoms with E-state index in [1.807, 2.05) is 18.2 Å². The van der Waals surface area contributed by atoms with Gasteiger partial charge in [-0.15, -0.1) is 0 Å². The lowest BCUT2D eigenvalue weighted by Gasteiger charge is -2.30. The number of benzene rings is 2. The van der Waals surface area contributed by atoms with E-state index >= 15 is 0 Å². The van der Waals surface area contributed by atoms with E-state index in [9.17, 15) is 4.79 Å². The number of hydrogen-bond donors (Lipinski definition) is 0. The van der Waals surface area contributed by atoms with Gasteiger partial charge in [-0.1, -0.05) is 49.6 Å². The monoisotopic (exact) mass is 441 g/mol. The molecule has 2 aromatic carbocycles. The van der Waals surface area contributed by atoms with Gasteiger partial charge in [0.05, 0.1) is 7.11 Å². The number of rotatable bonds is 4. The molecular formula is C30H35NO2. The lowest BCUT2D eigenvalue weighted by atomic mass is 9.79. The smallest absolute Gasteiger partial charge is 0.147 e. The zero-order valence-corrected chi connectivity index (χ0v) is 20.4. The molecule has 0 bridgehead atoms. The Bertz CT molecular complexity index is 1120. The first kappa shape index (κ1) is 23.1. The van der Waals surface area contributed by atoms with Gasteiger partial charge in [-0.3, -0.25) is 4.79 Å². The van der Waals surface area contributed by atoms with Crippen LogP contribution in [0.1, 0.15) is 68.2 Å². The van der Waals surface area contributed by atoms with Crippen molar-refractivity contribution in [2.24, 2.45) is 5.92 Å². The van der Waals surface area contributed by atoms with E-state index in [2.05, 4.69) is 62.2 Å². The van der Waals surface area contributed by atoms with Crippen LogP contribution in [0.15, 0.2) is 48.0 Å². The van der Waals surface area contributed by atoms with Crippen LogP contribution in [0.2, 0.25) is 0 Å². The van der Waals surface area contributed by atoms with Gasteiger partial charge in [0.1, 0.15) is 12.0 Å². The Hall–Kier alpha value is -3.07. The summed E-state index contributed by atoms with van der Waals surface area (Å²) in [7, 11) is 3.78. The fourth-order valence-corrected chi connectivity index (χ4v) is 5.11. The molecule has 4 rings (SSSR count). The third-order valence-corrected chi connectivity index (χ3v) is 7.17. The van der Waals surface area contributed by atoms with Crippen LogP contribution in [-0.2, 0) is 4.79 Å². The molecule has 0 spiro atoms. The van der Waals surface area contributed by atoms with E-state index < -0.39 is 0 Å². The number of aldehydes is 1. The molecule has 0 saturated heterocycles. The molecule has 0 N–H and O–H groups in total. The van der Waals surface area contributed by atoms with Crippen molar-refractivity contribution in [3.05, 3.63) is 70.3 Å². The number of anilines is 1. The minimum atomic E-state index is 0.545. The highest BCUT2D eigenvalue weighted by Crippen LogP contribution is 2.42. The van der Waals surface area contributed by atoms with Gasteiger partial charge >= 0.3 is 0 Å². The van der Waals surface area contributed by atoms with Gasteiger partial charge < -0.3 is 9.64 Å². The maximum Gasteiger partial charge on any atom is 0.147 e. The summed E-state index contributed by atoms with van der Waals surface area (Å²) in [6.07, 6.45) is 13.9. The number of carbonyl (C=O) groups excluding carboxylic acids is 1. The predicted octanol–water partition coefficient (Wildman–Crippen LogP) is 7.27. The average Bonchev–Trinajstić information content (AvgIpc) is 2.86. The molecule has 1 fully saturated rings. The SMILES string of the molecule is C/C=C(\C)c1ccc2c(c1)N(C)C/C(C=O)=C\c1cc(OC)ccc1/C=C/2C1CCCCC1. The topological polar surface area (TPSA) is 29.5 Å². The molecule has 0 atom stereocenters. The predicted molar refractivity (Wildman–Crippen MR) is 141 cm³/mol. The van der Waals surface area contributed by atoms with Crippen molar-refractivity contribution in [3.8, 4) is 5.75 Å². The molecular weight excluding hydrogens is 406 g/mol. The Morgan fingerprint density at radius 1 is 1.03 bits per heavy atom. The van der Waals surface area contributed by atoms with Gasteiger partial charge in [-0.25, -0.2) is 0 Å². The van der Waals surface area contributed by atoms with Crippen LogP contribution in [0, 0.1) is 5.92 Å². The quantitative estimate of drug-likeness (QED) is 0.467. The van der Waals surface area contributed by atoms with Gasteiger partial charge in [0, 0.05) is 30.4 Å². The molecule has 0 amide bonds. The van der Waals surface area contributed by atoms with E-state index in [0.717, 1.165) is 28.7 Å². The third-order valence-electron chi connectivity index (χ3n) is 7.17. The molecule has 1 aliphatic heterocycles. The molecule has 1 aliphatic carbocycles. The zero-order chi connectivity index (χ0) is 23.4. The molecule has 1 saturated carbocycles. The number of hydrogen-bond acceptors (Lipinski definition) is 3. The molecule has 0 radical (unpaired) electrons. The van der Waals surface area contributed by atoms with Crippen LogP contribution in [0.5, 0.6) is 5.75 Å². The van der Waals surface area contributed by atoms with Crippen LogP contribution in [0.25, 0.3) is 23.3 Å². The molecule has 33 heavy (non-hydrogen) atoms. The normalized spacial score (nSPS) is 20.6. The third kappa shape index (κ3) is 4.98. The summed E-state index contributed by atoms with van der Waals surface area (Å²) < 4.78 is 5.49. The lowest BCUT2D eigenvalue weighted by molar-refractivity contribution is -0.104. The second-order valence-electron chi connectivity index (χ2n) is 9.33. The largest absolute Gasteiger partial charge is 0.497 e. The van der Waals surface area contributed by atoms with Crippen molar-refractivity contribution in [2.45, 2.75) is 46.0 Å². The van der Waals surface area contributed by atoms with Crippen LogP contribution in [0.3, 0.4) is 0 Å². The first-order chi connectivity index (χ1) is 16.0. The van der Waals surface area contributed by atoms with Crippen LogP contribution in [-0.4, -0.2) is 27.0 Å². The zero-order valence-electron chi connectivity index (χ0n) is 20.4. The number of ether oxygens (including phenoxy) is 1. The Kier molecular flexibility index (Phi) is 7.17. The Labute approximate surface area is 198 Å². The van der Waals surface area contributed by atoms with Crippen LogP contribution in [0.4, 0.5) is 5.69 Å². The second-order valence-corrected chi connectivity index (χ2v) is 9.33. The van der Waals surface area contributed by atoms with Crippen LogP contribution >= 0.6 is 0 Å². The van der Waals surface area contributed by atoms with E-state index in [0.29, 0.717) is 12.5 Å². The molecule has 0 unspecified atom stereocenters. The fourth-order valence-electron chi connectivity index (χ4n) is 5.11. The van der Waals surface area contributed by atoms with E-state index in [-0.39, 0.29) is 0 Å². The molecule has 2 aliphatic rings. The minimum Gasteiger partial charge on any atom is -0.497 e. The second kappa shape index (κ2) is 10.2. The van der Waals surface area contributed by atoms with Crippen molar-refractivity contribution in [1.29, 1.82) is 0 Å². The van der Waals surface area contributed by atoms with Gasteiger partial charge in [0.15, 0.2) is 0 Å². The Morgan fingerprint density at radius 3 is 2.52 bits per heavy atom. The van der Waals surface area contributed by atoms with E-state index in [1.165, 1.54) is 60.1 Å². The summed E-state index contributed by atoms with van der Waals surface area (Å²) in [5, 5.41) is 0. The molecule has 0 aromatic heterocycles.